The fraction of sp³-hybridized carbons (Fsp3) is 0.273. The molecule has 0 saturated carbocycles. The van der Waals surface area contributed by atoms with Crippen LogP contribution in [-0.2, 0) is 9.59 Å². The van der Waals surface area contributed by atoms with Gasteiger partial charge in [0.2, 0.25) is 5.91 Å². The van der Waals surface area contributed by atoms with Crippen LogP contribution in [0.3, 0.4) is 0 Å². The zero-order chi connectivity index (χ0) is 11.7. The lowest BCUT2D eigenvalue weighted by atomic mass is 10.1. The maximum Gasteiger partial charge on any atom is 0.234 e. The van der Waals surface area contributed by atoms with Gasteiger partial charge in [0, 0.05) is 19.0 Å². The number of carbonyl (C=O) groups excluding carboxylic acids is 2. The predicted molar refractivity (Wildman–Crippen MR) is 53.0 cm³/mol. The summed E-state index contributed by atoms with van der Waals surface area (Å²) in [7, 11) is 0. The van der Waals surface area contributed by atoms with E-state index in [1.165, 1.54) is 11.0 Å². The van der Waals surface area contributed by atoms with Gasteiger partial charge in [-0.15, -0.1) is 0 Å². The number of ketones is 1. The van der Waals surface area contributed by atoms with E-state index in [-0.39, 0.29) is 30.9 Å². The van der Waals surface area contributed by atoms with Crippen molar-refractivity contribution in [1.29, 1.82) is 0 Å². The quantitative estimate of drug-likeness (QED) is 0.681. The third kappa shape index (κ3) is 1.93. The molecule has 0 bridgehead atoms. The zero-order valence-corrected chi connectivity index (χ0v) is 8.37. The predicted octanol–water partition coefficient (Wildman–Crippen LogP) is 1.66. The van der Waals surface area contributed by atoms with Crippen LogP contribution in [0, 0.1) is 11.6 Å². The molecule has 84 valence electrons. The number of halogens is 2. The van der Waals surface area contributed by atoms with Gasteiger partial charge in [-0.1, -0.05) is 0 Å². The number of anilines is 1. The standard InChI is InChI=1S/C11H9F2NO2/c12-7-1-2-10(9(13)5-7)14-4-3-8(15)6-11(14)16/h1-2,5H,3-4,6H2. The fourth-order valence-corrected chi connectivity index (χ4v) is 1.67. The normalized spacial score (nSPS) is 16.8. The van der Waals surface area contributed by atoms with E-state index in [9.17, 15) is 18.4 Å². The first kappa shape index (κ1) is 10.7. The second kappa shape index (κ2) is 4.00. The number of benzene rings is 1. The van der Waals surface area contributed by atoms with Gasteiger partial charge < -0.3 is 4.90 Å². The Hall–Kier alpha value is -1.78. The van der Waals surface area contributed by atoms with Crippen LogP contribution in [-0.4, -0.2) is 18.2 Å². The molecule has 16 heavy (non-hydrogen) atoms. The Bertz CT molecular complexity index is 459. The van der Waals surface area contributed by atoms with Gasteiger partial charge in [-0.25, -0.2) is 8.78 Å². The summed E-state index contributed by atoms with van der Waals surface area (Å²) in [5, 5.41) is 0. The molecule has 0 spiro atoms. The maximum absolute atomic E-state index is 13.4. The average molecular weight is 225 g/mol. The number of hydrogen-bond donors (Lipinski definition) is 0. The zero-order valence-electron chi connectivity index (χ0n) is 8.37. The summed E-state index contributed by atoms with van der Waals surface area (Å²) in [6, 6.07) is 3.01. The molecule has 1 heterocycles. The summed E-state index contributed by atoms with van der Waals surface area (Å²) < 4.78 is 26.1. The highest BCUT2D eigenvalue weighted by Gasteiger charge is 2.26. The summed E-state index contributed by atoms with van der Waals surface area (Å²) in [6.45, 7) is 0.153. The number of hydrogen-bond acceptors (Lipinski definition) is 2. The smallest absolute Gasteiger partial charge is 0.234 e. The number of rotatable bonds is 1. The van der Waals surface area contributed by atoms with Gasteiger partial charge in [-0.3, -0.25) is 9.59 Å². The molecule has 0 aromatic heterocycles. The molecule has 5 heteroatoms. The summed E-state index contributed by atoms with van der Waals surface area (Å²) in [6.07, 6.45) is -0.000622. The van der Waals surface area contributed by atoms with Crippen LogP contribution in [0.4, 0.5) is 14.5 Å². The Morgan fingerprint density at radius 1 is 1.19 bits per heavy atom. The van der Waals surface area contributed by atoms with Crippen molar-refractivity contribution in [3.8, 4) is 0 Å². The molecule has 1 saturated heterocycles. The molecule has 1 aliphatic heterocycles. The SMILES string of the molecule is O=C1CCN(c2ccc(F)cc2F)C(=O)C1. The van der Waals surface area contributed by atoms with Crippen LogP contribution in [0.25, 0.3) is 0 Å². The Labute approximate surface area is 90.7 Å². The van der Waals surface area contributed by atoms with Crippen molar-refractivity contribution in [1.82, 2.24) is 0 Å². The largest absolute Gasteiger partial charge is 0.309 e. The number of nitrogens with zero attached hydrogens (tertiary/aromatic N) is 1. The van der Waals surface area contributed by atoms with Crippen LogP contribution in [0.5, 0.6) is 0 Å². The molecular formula is C11H9F2NO2. The Morgan fingerprint density at radius 3 is 2.56 bits per heavy atom. The average Bonchev–Trinajstić information content (AvgIpc) is 2.19. The van der Waals surface area contributed by atoms with Gasteiger partial charge in [0.05, 0.1) is 12.1 Å². The summed E-state index contributed by atoms with van der Waals surface area (Å²) >= 11 is 0. The first-order valence-electron chi connectivity index (χ1n) is 4.85. The van der Waals surface area contributed by atoms with Gasteiger partial charge in [0.1, 0.15) is 17.4 Å². The summed E-state index contributed by atoms with van der Waals surface area (Å²) in [5.41, 5.74) is 0.0268. The van der Waals surface area contributed by atoms with Crippen molar-refractivity contribution in [2.24, 2.45) is 0 Å². The number of Topliss-reactive ketones (excluding diaryl/α,β-unsaturated/α-hetero) is 1. The van der Waals surface area contributed by atoms with Crippen molar-refractivity contribution in [3.05, 3.63) is 29.8 Å². The molecule has 0 atom stereocenters. The monoisotopic (exact) mass is 225 g/mol. The van der Waals surface area contributed by atoms with E-state index in [0.717, 1.165) is 12.1 Å². The van der Waals surface area contributed by atoms with E-state index in [1.807, 2.05) is 0 Å². The lowest BCUT2D eigenvalue weighted by molar-refractivity contribution is -0.128. The molecule has 1 aromatic carbocycles. The second-order valence-corrected chi connectivity index (χ2v) is 3.61. The van der Waals surface area contributed by atoms with E-state index in [4.69, 9.17) is 0 Å². The molecule has 0 radical (unpaired) electrons. The van der Waals surface area contributed by atoms with Gasteiger partial charge in [0.25, 0.3) is 0 Å². The number of amides is 1. The van der Waals surface area contributed by atoms with Crippen molar-refractivity contribution in [3.63, 3.8) is 0 Å². The molecule has 0 N–H and O–H groups in total. The summed E-state index contributed by atoms with van der Waals surface area (Å²) in [5.74, 6) is -2.07. The highest BCUT2D eigenvalue weighted by Crippen LogP contribution is 2.23. The van der Waals surface area contributed by atoms with Crippen molar-refractivity contribution in [2.45, 2.75) is 12.8 Å². The molecule has 1 fully saturated rings. The minimum absolute atomic E-state index is 0.0268. The van der Waals surface area contributed by atoms with Crippen LogP contribution >= 0.6 is 0 Å². The van der Waals surface area contributed by atoms with E-state index >= 15 is 0 Å². The van der Waals surface area contributed by atoms with Crippen molar-refractivity contribution >= 4 is 17.4 Å². The molecule has 3 nitrogen and oxygen atoms in total. The van der Waals surface area contributed by atoms with Crippen molar-refractivity contribution in [2.75, 3.05) is 11.4 Å². The minimum Gasteiger partial charge on any atom is -0.309 e. The van der Waals surface area contributed by atoms with Crippen molar-refractivity contribution < 1.29 is 18.4 Å². The lowest BCUT2D eigenvalue weighted by Gasteiger charge is -2.26. The minimum atomic E-state index is -0.789. The Morgan fingerprint density at radius 2 is 1.94 bits per heavy atom. The van der Waals surface area contributed by atoms with Crippen LogP contribution in [0.15, 0.2) is 18.2 Å². The fourth-order valence-electron chi connectivity index (χ4n) is 1.67. The molecule has 1 aliphatic rings. The molecule has 2 rings (SSSR count). The third-order valence-electron chi connectivity index (χ3n) is 2.46. The van der Waals surface area contributed by atoms with E-state index in [2.05, 4.69) is 0 Å². The lowest BCUT2D eigenvalue weighted by Crippen LogP contribution is -2.39. The van der Waals surface area contributed by atoms with Gasteiger partial charge in [-0.2, -0.15) is 0 Å². The van der Waals surface area contributed by atoms with E-state index in [0.29, 0.717) is 0 Å². The molecule has 0 aliphatic carbocycles. The van der Waals surface area contributed by atoms with E-state index < -0.39 is 17.5 Å². The Kier molecular flexibility index (Phi) is 2.68. The molecular weight excluding hydrogens is 216 g/mol. The van der Waals surface area contributed by atoms with Crippen LogP contribution in [0.1, 0.15) is 12.8 Å². The third-order valence-corrected chi connectivity index (χ3v) is 2.46. The first-order valence-corrected chi connectivity index (χ1v) is 4.85. The van der Waals surface area contributed by atoms with Crippen LogP contribution in [0.2, 0.25) is 0 Å². The highest BCUT2D eigenvalue weighted by atomic mass is 19.1. The second-order valence-electron chi connectivity index (χ2n) is 3.61. The van der Waals surface area contributed by atoms with Gasteiger partial charge in [0.15, 0.2) is 0 Å². The van der Waals surface area contributed by atoms with Crippen LogP contribution < -0.4 is 4.90 Å². The summed E-state index contributed by atoms with van der Waals surface area (Å²) in [4.78, 5) is 23.7. The molecule has 1 amide bonds. The van der Waals surface area contributed by atoms with Gasteiger partial charge in [-0.05, 0) is 12.1 Å². The van der Waals surface area contributed by atoms with E-state index in [1.54, 1.807) is 0 Å². The number of carbonyl (C=O) groups is 2. The Balaban J connectivity index is 2.30. The topological polar surface area (TPSA) is 37.4 Å². The maximum atomic E-state index is 13.4. The molecule has 1 aromatic rings. The van der Waals surface area contributed by atoms with Gasteiger partial charge >= 0.3 is 0 Å². The first-order chi connectivity index (χ1) is 7.58. The highest BCUT2D eigenvalue weighted by molar-refractivity contribution is 6.08. The number of piperidine rings is 1. The molecule has 0 unspecified atom stereocenters.